The van der Waals surface area contributed by atoms with E-state index < -0.39 is 0 Å². The van der Waals surface area contributed by atoms with E-state index in [9.17, 15) is 0 Å². The van der Waals surface area contributed by atoms with E-state index in [0.717, 1.165) is 13.0 Å². The van der Waals surface area contributed by atoms with Crippen molar-refractivity contribution in [3.63, 3.8) is 0 Å². The number of hydrogen-bond donors (Lipinski definition) is 1. The van der Waals surface area contributed by atoms with E-state index in [1.54, 1.807) is 7.11 Å². The van der Waals surface area contributed by atoms with Crippen molar-refractivity contribution in [2.24, 2.45) is 0 Å². The molecule has 0 aromatic heterocycles. The predicted octanol–water partition coefficient (Wildman–Crippen LogP) is 2.83. The van der Waals surface area contributed by atoms with Gasteiger partial charge in [0.05, 0.1) is 0 Å². The molecule has 0 bridgehead atoms. The molecular weight excluding hydrogens is 174 g/mol. The van der Waals surface area contributed by atoms with Crippen molar-refractivity contribution in [1.29, 1.82) is 0 Å². The van der Waals surface area contributed by atoms with Crippen molar-refractivity contribution in [3.8, 4) is 0 Å². The van der Waals surface area contributed by atoms with Gasteiger partial charge < -0.3 is 10.1 Å². The SMILES string of the molecule is COCCC(C)Nc1ccccc1C. The Morgan fingerprint density at radius 1 is 1.36 bits per heavy atom. The molecule has 1 unspecified atom stereocenters. The summed E-state index contributed by atoms with van der Waals surface area (Å²) in [5.41, 5.74) is 2.51. The molecule has 1 atom stereocenters. The lowest BCUT2D eigenvalue weighted by atomic mass is 10.1. The molecule has 78 valence electrons. The van der Waals surface area contributed by atoms with Gasteiger partial charge >= 0.3 is 0 Å². The van der Waals surface area contributed by atoms with Gasteiger partial charge in [-0.15, -0.1) is 0 Å². The second kappa shape index (κ2) is 5.66. The second-order valence-electron chi connectivity index (χ2n) is 3.64. The summed E-state index contributed by atoms with van der Waals surface area (Å²) < 4.78 is 5.04. The third-order valence-corrected chi connectivity index (χ3v) is 2.30. The third-order valence-electron chi connectivity index (χ3n) is 2.30. The van der Waals surface area contributed by atoms with E-state index in [1.165, 1.54) is 11.3 Å². The van der Waals surface area contributed by atoms with Crippen LogP contribution in [0.1, 0.15) is 18.9 Å². The van der Waals surface area contributed by atoms with Gasteiger partial charge in [0.1, 0.15) is 0 Å². The van der Waals surface area contributed by atoms with Gasteiger partial charge in [-0.25, -0.2) is 0 Å². The first-order valence-corrected chi connectivity index (χ1v) is 5.05. The second-order valence-corrected chi connectivity index (χ2v) is 3.64. The lowest BCUT2D eigenvalue weighted by Gasteiger charge is -2.16. The molecule has 0 fully saturated rings. The normalized spacial score (nSPS) is 12.5. The molecule has 14 heavy (non-hydrogen) atoms. The fourth-order valence-electron chi connectivity index (χ4n) is 1.37. The van der Waals surface area contributed by atoms with Crippen molar-refractivity contribution in [1.82, 2.24) is 0 Å². The number of anilines is 1. The topological polar surface area (TPSA) is 21.3 Å². The molecule has 1 aromatic carbocycles. The number of hydrogen-bond acceptors (Lipinski definition) is 2. The Bertz CT molecular complexity index is 273. The minimum atomic E-state index is 0.455. The standard InChI is InChI=1S/C12H19NO/c1-10-6-4-5-7-12(10)13-11(2)8-9-14-3/h4-7,11,13H,8-9H2,1-3H3. The number of ether oxygens (including phenoxy) is 1. The summed E-state index contributed by atoms with van der Waals surface area (Å²) in [5.74, 6) is 0. The highest BCUT2D eigenvalue weighted by Crippen LogP contribution is 2.14. The van der Waals surface area contributed by atoms with Gasteiger partial charge in [0.15, 0.2) is 0 Å². The van der Waals surface area contributed by atoms with Crippen molar-refractivity contribution >= 4 is 5.69 Å². The lowest BCUT2D eigenvalue weighted by molar-refractivity contribution is 0.191. The summed E-state index contributed by atoms with van der Waals surface area (Å²) in [7, 11) is 1.74. The van der Waals surface area contributed by atoms with E-state index in [0.29, 0.717) is 6.04 Å². The van der Waals surface area contributed by atoms with Gasteiger partial charge in [0.25, 0.3) is 0 Å². The zero-order valence-electron chi connectivity index (χ0n) is 9.21. The molecule has 0 saturated carbocycles. The predicted molar refractivity (Wildman–Crippen MR) is 60.8 cm³/mol. The minimum absolute atomic E-state index is 0.455. The molecule has 0 amide bonds. The summed E-state index contributed by atoms with van der Waals surface area (Å²) in [6, 6.07) is 8.79. The van der Waals surface area contributed by atoms with Crippen LogP contribution in [0.15, 0.2) is 24.3 Å². The van der Waals surface area contributed by atoms with Crippen LogP contribution in [0.4, 0.5) is 5.69 Å². The lowest BCUT2D eigenvalue weighted by Crippen LogP contribution is -2.17. The Morgan fingerprint density at radius 2 is 2.07 bits per heavy atom. The highest BCUT2D eigenvalue weighted by Gasteiger charge is 2.02. The van der Waals surface area contributed by atoms with Gasteiger partial charge in [0.2, 0.25) is 0 Å². The average Bonchev–Trinajstić information content (AvgIpc) is 2.18. The van der Waals surface area contributed by atoms with Gasteiger partial charge in [0, 0.05) is 25.4 Å². The molecule has 0 aliphatic rings. The average molecular weight is 193 g/mol. The number of rotatable bonds is 5. The quantitative estimate of drug-likeness (QED) is 0.776. The van der Waals surface area contributed by atoms with Crippen LogP contribution in [0.25, 0.3) is 0 Å². The molecule has 0 radical (unpaired) electrons. The summed E-state index contributed by atoms with van der Waals surface area (Å²) in [4.78, 5) is 0. The molecule has 0 spiro atoms. The molecule has 0 heterocycles. The van der Waals surface area contributed by atoms with Crippen molar-refractivity contribution < 1.29 is 4.74 Å². The van der Waals surface area contributed by atoms with Gasteiger partial charge in [-0.2, -0.15) is 0 Å². The maximum atomic E-state index is 5.04. The van der Waals surface area contributed by atoms with E-state index >= 15 is 0 Å². The van der Waals surface area contributed by atoms with Gasteiger partial charge in [-0.3, -0.25) is 0 Å². The Labute approximate surface area is 86.3 Å². The van der Waals surface area contributed by atoms with Crippen molar-refractivity contribution in [3.05, 3.63) is 29.8 Å². The Balaban J connectivity index is 2.47. The monoisotopic (exact) mass is 193 g/mol. The Kier molecular flexibility index (Phi) is 4.47. The smallest absolute Gasteiger partial charge is 0.0481 e. The first kappa shape index (κ1) is 11.1. The Morgan fingerprint density at radius 3 is 2.71 bits per heavy atom. The maximum absolute atomic E-state index is 5.04. The molecule has 0 aliphatic heterocycles. The van der Waals surface area contributed by atoms with Crippen LogP contribution in [-0.4, -0.2) is 19.8 Å². The molecule has 0 aliphatic carbocycles. The molecule has 2 heteroatoms. The van der Waals surface area contributed by atoms with Crippen LogP contribution in [0.3, 0.4) is 0 Å². The summed E-state index contributed by atoms with van der Waals surface area (Å²) in [5, 5.41) is 3.46. The van der Waals surface area contributed by atoms with E-state index in [-0.39, 0.29) is 0 Å². The summed E-state index contributed by atoms with van der Waals surface area (Å²) in [6.45, 7) is 5.09. The van der Waals surface area contributed by atoms with Crippen molar-refractivity contribution in [2.45, 2.75) is 26.3 Å². The first-order chi connectivity index (χ1) is 6.74. The van der Waals surface area contributed by atoms with E-state index in [1.807, 2.05) is 0 Å². The molecule has 2 nitrogen and oxygen atoms in total. The number of methoxy groups -OCH3 is 1. The molecule has 1 rings (SSSR count). The summed E-state index contributed by atoms with van der Waals surface area (Å²) >= 11 is 0. The van der Waals surface area contributed by atoms with Crippen LogP contribution in [0, 0.1) is 6.92 Å². The maximum Gasteiger partial charge on any atom is 0.0481 e. The van der Waals surface area contributed by atoms with Crippen LogP contribution >= 0.6 is 0 Å². The van der Waals surface area contributed by atoms with Crippen LogP contribution in [0.5, 0.6) is 0 Å². The first-order valence-electron chi connectivity index (χ1n) is 5.05. The minimum Gasteiger partial charge on any atom is -0.385 e. The largest absolute Gasteiger partial charge is 0.385 e. The van der Waals surface area contributed by atoms with E-state index in [4.69, 9.17) is 4.74 Å². The highest BCUT2D eigenvalue weighted by molar-refractivity contribution is 5.50. The zero-order valence-corrected chi connectivity index (χ0v) is 9.21. The Hall–Kier alpha value is -1.02. The van der Waals surface area contributed by atoms with Gasteiger partial charge in [-0.05, 0) is 31.9 Å². The van der Waals surface area contributed by atoms with Crippen LogP contribution in [-0.2, 0) is 4.74 Å². The number of nitrogens with one attached hydrogen (secondary N) is 1. The summed E-state index contributed by atoms with van der Waals surface area (Å²) in [6.07, 6.45) is 1.03. The van der Waals surface area contributed by atoms with E-state index in [2.05, 4.69) is 43.4 Å². The fraction of sp³-hybridized carbons (Fsp3) is 0.500. The zero-order chi connectivity index (χ0) is 10.4. The molecule has 1 aromatic rings. The van der Waals surface area contributed by atoms with Gasteiger partial charge in [-0.1, -0.05) is 18.2 Å². The third kappa shape index (κ3) is 3.38. The van der Waals surface area contributed by atoms with Crippen LogP contribution in [0.2, 0.25) is 0 Å². The molecule has 1 N–H and O–H groups in total. The number of benzene rings is 1. The molecular formula is C12H19NO. The molecule has 0 saturated heterocycles. The number of para-hydroxylation sites is 1. The number of aryl methyl sites for hydroxylation is 1. The van der Waals surface area contributed by atoms with Crippen molar-refractivity contribution in [2.75, 3.05) is 19.0 Å². The highest BCUT2D eigenvalue weighted by atomic mass is 16.5. The van der Waals surface area contributed by atoms with Crippen LogP contribution < -0.4 is 5.32 Å². The fourth-order valence-corrected chi connectivity index (χ4v) is 1.37.